The van der Waals surface area contributed by atoms with Crippen molar-refractivity contribution < 1.29 is 0 Å². The molecule has 4 aromatic rings. The van der Waals surface area contributed by atoms with Crippen LogP contribution in [0.1, 0.15) is 31.2 Å². The zero-order chi connectivity index (χ0) is 19.7. The van der Waals surface area contributed by atoms with E-state index in [1.165, 1.54) is 0 Å². The van der Waals surface area contributed by atoms with Crippen LogP contribution < -0.4 is 11.1 Å². The third-order valence-electron chi connectivity index (χ3n) is 3.88. The zero-order valence-electron chi connectivity index (χ0n) is 16.3. The van der Waals surface area contributed by atoms with Crippen LogP contribution >= 0.6 is 23.7 Å². The number of nitrogens with two attached hydrogens (primary N) is 1. The third kappa shape index (κ3) is 4.67. The van der Waals surface area contributed by atoms with Crippen molar-refractivity contribution in [2.24, 2.45) is 0 Å². The van der Waals surface area contributed by atoms with Crippen molar-refractivity contribution in [3.8, 4) is 22.4 Å². The maximum Gasteiger partial charge on any atom is 0.157 e. The Bertz CT molecular complexity index is 1190. The molecule has 148 valence electrons. The van der Waals surface area contributed by atoms with Crippen LogP contribution in [0.5, 0.6) is 0 Å². The Morgan fingerprint density at radius 1 is 1.10 bits per heavy atom. The molecule has 0 spiro atoms. The number of nitrogens with zero attached hydrogens (tertiary/aromatic N) is 4. The number of nitrogen functional groups attached to an aromatic ring is 1. The Kier molecular flexibility index (Phi) is 5.78. The van der Waals surface area contributed by atoms with Gasteiger partial charge in [0.05, 0.1) is 16.0 Å². The number of thiophene rings is 1. The number of imidazole rings is 1. The molecule has 4 rings (SSSR count). The highest BCUT2D eigenvalue weighted by Crippen LogP contribution is 2.34. The molecule has 29 heavy (non-hydrogen) atoms. The highest BCUT2D eigenvalue weighted by atomic mass is 35.5. The molecule has 3 N–H and O–H groups in total. The first-order valence-electron chi connectivity index (χ1n) is 8.83. The van der Waals surface area contributed by atoms with Crippen LogP contribution in [0.3, 0.4) is 0 Å². The van der Waals surface area contributed by atoms with Gasteiger partial charge in [-0.1, -0.05) is 11.8 Å². The highest BCUT2D eigenvalue weighted by Gasteiger charge is 2.20. The summed E-state index contributed by atoms with van der Waals surface area (Å²) in [6, 6.07) is 7.68. The van der Waals surface area contributed by atoms with E-state index in [0.29, 0.717) is 5.82 Å². The summed E-state index contributed by atoms with van der Waals surface area (Å²) < 4.78 is 2.03. The fourth-order valence-corrected chi connectivity index (χ4v) is 3.55. The van der Waals surface area contributed by atoms with Gasteiger partial charge in [-0.05, 0) is 45.0 Å². The molecule has 0 aromatic carbocycles. The number of hydrogen-bond donors (Lipinski definition) is 2. The summed E-state index contributed by atoms with van der Waals surface area (Å²) in [7, 11) is 0. The van der Waals surface area contributed by atoms with Gasteiger partial charge in [-0.2, -0.15) is 0 Å². The molecule has 4 aromatic heterocycles. The summed E-state index contributed by atoms with van der Waals surface area (Å²) in [6.07, 6.45) is 7.12. The Balaban J connectivity index is 0.00000240. The van der Waals surface area contributed by atoms with Crippen LogP contribution in [0.4, 0.5) is 11.6 Å². The van der Waals surface area contributed by atoms with Crippen molar-refractivity contribution in [2.75, 3.05) is 11.1 Å². The monoisotopic (exact) mass is 424 g/mol. The fraction of sp³-hybridized carbons (Fsp3) is 0.190. The minimum Gasteiger partial charge on any atom is -0.384 e. The Hall–Kier alpha value is -3.08. The molecule has 0 amide bonds. The maximum atomic E-state index is 5.61. The minimum absolute atomic E-state index is 0. The normalized spacial score (nSPS) is 10.9. The zero-order valence-corrected chi connectivity index (χ0v) is 17.9. The molecule has 0 radical (unpaired) electrons. The van der Waals surface area contributed by atoms with E-state index in [4.69, 9.17) is 10.7 Å². The summed E-state index contributed by atoms with van der Waals surface area (Å²) in [5.74, 6) is 7.76. The van der Waals surface area contributed by atoms with E-state index < -0.39 is 0 Å². The lowest BCUT2D eigenvalue weighted by Gasteiger charge is -2.22. The fourth-order valence-electron chi connectivity index (χ4n) is 2.70. The van der Waals surface area contributed by atoms with Crippen molar-refractivity contribution in [3.05, 3.63) is 59.5 Å². The average molecular weight is 425 g/mol. The summed E-state index contributed by atoms with van der Waals surface area (Å²) >= 11 is 1.61. The molecule has 0 bridgehead atoms. The molecule has 0 saturated carbocycles. The molecule has 4 heterocycles. The first-order chi connectivity index (χ1) is 13.4. The van der Waals surface area contributed by atoms with Crippen LogP contribution in [-0.2, 0) is 0 Å². The topological polar surface area (TPSA) is 81.1 Å². The van der Waals surface area contributed by atoms with Gasteiger partial charge in [-0.3, -0.25) is 9.38 Å². The van der Waals surface area contributed by atoms with Crippen molar-refractivity contribution in [2.45, 2.75) is 26.3 Å². The summed E-state index contributed by atoms with van der Waals surface area (Å²) in [6.45, 7) is 6.38. The number of rotatable bonds is 2. The molecular weight excluding hydrogens is 404 g/mol. The van der Waals surface area contributed by atoms with Gasteiger partial charge in [0.1, 0.15) is 17.3 Å². The van der Waals surface area contributed by atoms with Crippen molar-refractivity contribution >= 4 is 41.0 Å². The van der Waals surface area contributed by atoms with Crippen LogP contribution in [0.2, 0.25) is 0 Å². The van der Waals surface area contributed by atoms with E-state index in [1.54, 1.807) is 36.0 Å². The molecule has 8 heteroatoms. The molecule has 0 aliphatic heterocycles. The number of fused-ring (bicyclic) bond motifs is 1. The van der Waals surface area contributed by atoms with Crippen LogP contribution in [0, 0.1) is 11.8 Å². The number of halogens is 1. The van der Waals surface area contributed by atoms with Gasteiger partial charge in [0.2, 0.25) is 0 Å². The minimum atomic E-state index is -0.101. The van der Waals surface area contributed by atoms with Gasteiger partial charge < -0.3 is 11.1 Å². The second kappa shape index (κ2) is 8.11. The van der Waals surface area contributed by atoms with Gasteiger partial charge in [-0.15, -0.1) is 23.7 Å². The predicted octanol–water partition coefficient (Wildman–Crippen LogP) is 4.47. The number of pyridine rings is 1. The lowest BCUT2D eigenvalue weighted by atomic mass is 10.1. The van der Waals surface area contributed by atoms with Crippen LogP contribution in [0.25, 0.3) is 16.2 Å². The number of nitrogens with one attached hydrogen (secondary N) is 1. The number of aromatic nitrogens is 4. The lowest BCUT2D eigenvalue weighted by molar-refractivity contribution is 0.629. The second-order valence-corrected chi connectivity index (χ2v) is 8.46. The highest BCUT2D eigenvalue weighted by molar-refractivity contribution is 7.16. The van der Waals surface area contributed by atoms with Gasteiger partial charge in [0, 0.05) is 29.7 Å². The first kappa shape index (κ1) is 20.6. The Morgan fingerprint density at radius 3 is 2.66 bits per heavy atom. The van der Waals surface area contributed by atoms with E-state index in [-0.39, 0.29) is 17.9 Å². The first-order valence-corrected chi connectivity index (χ1v) is 9.65. The molecule has 0 saturated heterocycles. The van der Waals surface area contributed by atoms with E-state index in [0.717, 1.165) is 32.5 Å². The van der Waals surface area contributed by atoms with Crippen molar-refractivity contribution in [1.82, 2.24) is 19.4 Å². The summed E-state index contributed by atoms with van der Waals surface area (Å²) in [5, 5.41) is 3.57. The standard InChI is InChI=1S/C21H20N6S.ClH/c1-21(2,3)26-20-19(25-18-13-23-10-11-27(18)20)16-8-7-15(28-16)6-4-14-5-9-17(22)24-12-14;/h5,7-13,26H,1-3H3,(H2,22,24);1H. The van der Waals surface area contributed by atoms with Crippen LogP contribution in [0.15, 0.2) is 49.1 Å². The SMILES string of the molecule is CC(C)(C)Nc1c(-c2ccc(C#Cc3ccc(N)nc3)s2)nc2cnccn12.Cl. The van der Waals surface area contributed by atoms with Crippen LogP contribution in [-0.4, -0.2) is 24.9 Å². The molecule has 6 nitrogen and oxygen atoms in total. The molecule has 0 aliphatic rings. The molecule has 0 unspecified atom stereocenters. The van der Waals surface area contributed by atoms with E-state index >= 15 is 0 Å². The van der Waals surface area contributed by atoms with Gasteiger partial charge in [0.15, 0.2) is 5.65 Å². The van der Waals surface area contributed by atoms with E-state index in [1.807, 2.05) is 22.7 Å². The molecular formula is C21H21ClN6S. The smallest absolute Gasteiger partial charge is 0.157 e. The molecule has 0 fully saturated rings. The number of hydrogen-bond acceptors (Lipinski definition) is 6. The summed E-state index contributed by atoms with van der Waals surface area (Å²) in [5.41, 5.74) is 8.05. The van der Waals surface area contributed by atoms with Crippen molar-refractivity contribution in [3.63, 3.8) is 0 Å². The van der Waals surface area contributed by atoms with Gasteiger partial charge in [0.25, 0.3) is 0 Å². The van der Waals surface area contributed by atoms with Crippen molar-refractivity contribution in [1.29, 1.82) is 0 Å². The maximum absolute atomic E-state index is 5.61. The summed E-state index contributed by atoms with van der Waals surface area (Å²) in [4.78, 5) is 15.1. The molecule has 0 atom stereocenters. The third-order valence-corrected chi connectivity index (χ3v) is 4.89. The van der Waals surface area contributed by atoms with Gasteiger partial charge >= 0.3 is 0 Å². The Labute approximate surface area is 179 Å². The van der Waals surface area contributed by atoms with E-state index in [9.17, 15) is 0 Å². The average Bonchev–Trinajstić information content (AvgIpc) is 3.25. The largest absolute Gasteiger partial charge is 0.384 e. The van der Waals surface area contributed by atoms with Gasteiger partial charge in [-0.25, -0.2) is 9.97 Å². The molecule has 0 aliphatic carbocycles. The lowest BCUT2D eigenvalue weighted by Crippen LogP contribution is -2.27. The Morgan fingerprint density at radius 2 is 1.93 bits per heavy atom. The number of anilines is 2. The predicted molar refractivity (Wildman–Crippen MR) is 122 cm³/mol. The second-order valence-electron chi connectivity index (χ2n) is 7.37. The quantitative estimate of drug-likeness (QED) is 0.464. The van der Waals surface area contributed by atoms with E-state index in [2.05, 4.69) is 54.0 Å².